The van der Waals surface area contributed by atoms with E-state index in [0.29, 0.717) is 24.0 Å². The van der Waals surface area contributed by atoms with Crippen LogP contribution in [0.1, 0.15) is 23.7 Å². The minimum absolute atomic E-state index is 0.106. The molecule has 0 unspecified atom stereocenters. The van der Waals surface area contributed by atoms with Gasteiger partial charge in [-0.05, 0) is 30.2 Å². The van der Waals surface area contributed by atoms with E-state index in [4.69, 9.17) is 0 Å². The molecule has 21 heavy (non-hydrogen) atoms. The van der Waals surface area contributed by atoms with Crippen molar-refractivity contribution in [3.8, 4) is 16.9 Å². The topological polar surface area (TPSA) is 44.1 Å². The lowest BCUT2D eigenvalue weighted by atomic mass is 10.1. The number of benzene rings is 1. The van der Waals surface area contributed by atoms with E-state index in [2.05, 4.69) is 9.84 Å². The Hall–Kier alpha value is -2.31. The maximum absolute atomic E-state index is 12.3. The largest absolute Gasteiger partial charge is 0.573 e. The minimum Gasteiger partial charge on any atom is -0.406 e. The summed E-state index contributed by atoms with van der Waals surface area (Å²) in [5, 5.41) is 4.11. The molecule has 112 valence electrons. The number of aromatic nitrogens is 2. The molecule has 2 aromatic rings. The lowest BCUT2D eigenvalue weighted by Crippen LogP contribution is -2.17. The quantitative estimate of drug-likeness (QED) is 0.791. The Balaban J connectivity index is 2.37. The van der Waals surface area contributed by atoms with E-state index >= 15 is 0 Å². The number of ether oxygens (including phenoxy) is 1. The molecule has 0 N–H and O–H groups in total. The number of nitrogens with zero attached hydrogens (tertiary/aromatic N) is 2. The van der Waals surface area contributed by atoms with Gasteiger partial charge in [0, 0.05) is 23.9 Å². The van der Waals surface area contributed by atoms with Gasteiger partial charge in [-0.25, -0.2) is 0 Å². The number of aldehydes is 1. The van der Waals surface area contributed by atoms with Crippen molar-refractivity contribution >= 4 is 6.29 Å². The molecular weight excluding hydrogens is 285 g/mol. The fourth-order valence-corrected chi connectivity index (χ4v) is 1.91. The average molecular weight is 298 g/mol. The summed E-state index contributed by atoms with van der Waals surface area (Å²) in [6.07, 6.45) is -0.186. The molecule has 4 nitrogen and oxygen atoms in total. The fourth-order valence-electron chi connectivity index (χ4n) is 1.91. The van der Waals surface area contributed by atoms with Gasteiger partial charge in [0.2, 0.25) is 0 Å². The number of rotatable bonds is 5. The molecule has 0 saturated heterocycles. The highest BCUT2D eigenvalue weighted by molar-refractivity contribution is 5.80. The molecule has 0 bridgehead atoms. The second kappa shape index (κ2) is 5.99. The highest BCUT2D eigenvalue weighted by Crippen LogP contribution is 2.29. The molecule has 2 rings (SSSR count). The Morgan fingerprint density at radius 2 is 2.05 bits per heavy atom. The Bertz CT molecular complexity index is 635. The van der Waals surface area contributed by atoms with Crippen molar-refractivity contribution in [1.82, 2.24) is 9.78 Å². The molecule has 0 radical (unpaired) electrons. The second-order valence-corrected chi connectivity index (χ2v) is 4.45. The third-order valence-electron chi connectivity index (χ3n) is 2.72. The lowest BCUT2D eigenvalue weighted by Gasteiger charge is -2.10. The molecule has 0 amide bonds. The van der Waals surface area contributed by atoms with Crippen LogP contribution < -0.4 is 4.74 Å². The lowest BCUT2D eigenvalue weighted by molar-refractivity contribution is -0.274. The van der Waals surface area contributed by atoms with Crippen LogP contribution in [-0.2, 0) is 6.54 Å². The van der Waals surface area contributed by atoms with E-state index in [1.807, 2.05) is 6.92 Å². The van der Waals surface area contributed by atoms with Gasteiger partial charge >= 0.3 is 6.36 Å². The van der Waals surface area contributed by atoms with Gasteiger partial charge in [0.25, 0.3) is 0 Å². The standard InChI is InChI=1S/C14H13F3N2O2/c1-2-3-19-8-12(7-18-19)11-4-10(9-20)5-13(6-11)21-14(15,16)17/h4-9H,2-3H2,1H3. The summed E-state index contributed by atoms with van der Waals surface area (Å²) < 4.78 is 42.4. The smallest absolute Gasteiger partial charge is 0.406 e. The molecule has 0 fully saturated rings. The summed E-state index contributed by atoms with van der Waals surface area (Å²) in [7, 11) is 0. The highest BCUT2D eigenvalue weighted by Gasteiger charge is 2.31. The van der Waals surface area contributed by atoms with Gasteiger partial charge < -0.3 is 4.74 Å². The number of carbonyl (C=O) groups excluding carboxylic acids is 1. The summed E-state index contributed by atoms with van der Waals surface area (Å²) in [6.45, 7) is 2.70. The molecule has 1 aromatic carbocycles. The first-order chi connectivity index (χ1) is 9.91. The number of hydrogen-bond donors (Lipinski definition) is 0. The third kappa shape index (κ3) is 4.08. The first-order valence-electron chi connectivity index (χ1n) is 6.30. The van der Waals surface area contributed by atoms with Crippen molar-refractivity contribution in [1.29, 1.82) is 0 Å². The van der Waals surface area contributed by atoms with Crippen LogP contribution in [-0.4, -0.2) is 22.4 Å². The van der Waals surface area contributed by atoms with Gasteiger partial charge in [0.05, 0.1) is 6.20 Å². The normalized spacial score (nSPS) is 11.4. The molecule has 0 aliphatic rings. The van der Waals surface area contributed by atoms with Gasteiger partial charge in [-0.15, -0.1) is 13.2 Å². The van der Waals surface area contributed by atoms with Crippen molar-refractivity contribution in [2.45, 2.75) is 26.3 Å². The van der Waals surface area contributed by atoms with Gasteiger partial charge in [0.15, 0.2) is 0 Å². The molecule has 7 heteroatoms. The maximum atomic E-state index is 12.3. The van der Waals surface area contributed by atoms with Crippen LogP contribution in [0.4, 0.5) is 13.2 Å². The predicted molar refractivity (Wildman–Crippen MR) is 70.0 cm³/mol. The van der Waals surface area contributed by atoms with E-state index in [-0.39, 0.29) is 5.56 Å². The summed E-state index contributed by atoms with van der Waals surface area (Å²) in [5.41, 5.74) is 1.18. The van der Waals surface area contributed by atoms with Crippen molar-refractivity contribution in [2.75, 3.05) is 0 Å². The fraction of sp³-hybridized carbons (Fsp3) is 0.286. The Morgan fingerprint density at radius 3 is 2.67 bits per heavy atom. The Labute approximate surface area is 119 Å². The number of hydrogen-bond acceptors (Lipinski definition) is 3. The summed E-state index contributed by atoms with van der Waals surface area (Å²) in [5.74, 6) is -0.426. The SMILES string of the molecule is CCCn1cc(-c2cc(C=O)cc(OC(F)(F)F)c2)cn1. The van der Waals surface area contributed by atoms with Gasteiger partial charge in [-0.2, -0.15) is 5.10 Å². The highest BCUT2D eigenvalue weighted by atomic mass is 19.4. The van der Waals surface area contributed by atoms with Crippen molar-refractivity contribution in [3.63, 3.8) is 0 Å². The van der Waals surface area contributed by atoms with Crippen molar-refractivity contribution in [2.24, 2.45) is 0 Å². The van der Waals surface area contributed by atoms with E-state index in [9.17, 15) is 18.0 Å². The number of aryl methyl sites for hydroxylation is 1. The summed E-state index contributed by atoms with van der Waals surface area (Å²) in [6, 6.07) is 3.76. The first kappa shape index (κ1) is 15.1. The third-order valence-corrected chi connectivity index (χ3v) is 2.72. The van der Waals surface area contributed by atoms with Crippen LogP contribution in [0.3, 0.4) is 0 Å². The molecule has 0 saturated carbocycles. The summed E-state index contributed by atoms with van der Waals surface area (Å²) >= 11 is 0. The average Bonchev–Trinajstić information content (AvgIpc) is 2.85. The number of alkyl halides is 3. The van der Waals surface area contributed by atoms with E-state index in [1.54, 1.807) is 10.9 Å². The van der Waals surface area contributed by atoms with Gasteiger partial charge in [-0.1, -0.05) is 6.92 Å². The zero-order valence-corrected chi connectivity index (χ0v) is 11.2. The van der Waals surface area contributed by atoms with Crippen LogP contribution in [0.25, 0.3) is 11.1 Å². The summed E-state index contributed by atoms with van der Waals surface area (Å²) in [4.78, 5) is 10.9. The molecule has 0 aliphatic heterocycles. The van der Waals surface area contributed by atoms with Crippen molar-refractivity contribution < 1.29 is 22.7 Å². The number of carbonyl (C=O) groups is 1. The molecule has 0 atom stereocenters. The van der Waals surface area contributed by atoms with Crippen LogP contribution in [0.15, 0.2) is 30.6 Å². The van der Waals surface area contributed by atoms with Crippen LogP contribution in [0, 0.1) is 0 Å². The molecular formula is C14H13F3N2O2. The molecule has 1 aromatic heterocycles. The minimum atomic E-state index is -4.80. The zero-order valence-electron chi connectivity index (χ0n) is 11.2. The monoisotopic (exact) mass is 298 g/mol. The zero-order chi connectivity index (χ0) is 15.5. The van der Waals surface area contributed by atoms with E-state index in [0.717, 1.165) is 12.5 Å². The Morgan fingerprint density at radius 1 is 1.29 bits per heavy atom. The van der Waals surface area contributed by atoms with Crippen LogP contribution in [0.2, 0.25) is 0 Å². The molecule has 0 aliphatic carbocycles. The van der Waals surface area contributed by atoms with Crippen LogP contribution in [0.5, 0.6) is 5.75 Å². The maximum Gasteiger partial charge on any atom is 0.573 e. The second-order valence-electron chi connectivity index (χ2n) is 4.45. The Kier molecular flexibility index (Phi) is 4.30. The number of halogens is 3. The molecule has 0 spiro atoms. The van der Waals surface area contributed by atoms with E-state index < -0.39 is 12.1 Å². The van der Waals surface area contributed by atoms with Crippen molar-refractivity contribution in [3.05, 3.63) is 36.2 Å². The van der Waals surface area contributed by atoms with Gasteiger partial charge in [0.1, 0.15) is 12.0 Å². The van der Waals surface area contributed by atoms with Crippen LogP contribution >= 0.6 is 0 Å². The predicted octanol–water partition coefficient (Wildman–Crippen LogP) is 3.67. The van der Waals surface area contributed by atoms with E-state index in [1.165, 1.54) is 18.3 Å². The van der Waals surface area contributed by atoms with Gasteiger partial charge in [-0.3, -0.25) is 9.48 Å². The first-order valence-corrected chi connectivity index (χ1v) is 6.30. The molecule has 1 heterocycles.